The molecule has 5 atom stereocenters. The van der Waals surface area contributed by atoms with Gasteiger partial charge in [-0.05, 0) is 40.6 Å². The number of nitrogens with zero attached hydrogens (tertiary/aromatic N) is 1. The summed E-state index contributed by atoms with van der Waals surface area (Å²) in [6.07, 6.45) is -2.85. The van der Waals surface area contributed by atoms with Gasteiger partial charge in [-0.3, -0.25) is 0 Å². The standard InChI is InChI=1S/C29H26NO11/c1-37-17-4-2-14(3-5-17)19-12-38-21-9-18(8-16(11-31)22(21)23(19)32)40-28-24(33)25(34)29(26(41-28)27(35)36)10-15-6-7-30-20(15)13-39-29/h2-10,13,24-26,28,31-34H,11-12H2,1H3,(H,35,36)/q-1. The van der Waals surface area contributed by atoms with Gasteiger partial charge in [-0.1, -0.05) is 23.5 Å². The normalized spacial score (nSPS) is 26.5. The van der Waals surface area contributed by atoms with Crippen LogP contribution in [-0.2, 0) is 20.9 Å². The third-order valence-electron chi connectivity index (χ3n) is 7.40. The number of methoxy groups -OCH3 is 1. The van der Waals surface area contributed by atoms with Crippen LogP contribution in [0.5, 0.6) is 17.2 Å². The number of aliphatic hydroxyl groups excluding tert-OH is 4. The highest BCUT2D eigenvalue weighted by atomic mass is 16.7. The van der Waals surface area contributed by atoms with Crippen molar-refractivity contribution in [1.29, 1.82) is 0 Å². The van der Waals surface area contributed by atoms with E-state index in [0.717, 1.165) is 0 Å². The Kier molecular flexibility index (Phi) is 6.62. The van der Waals surface area contributed by atoms with Gasteiger partial charge in [-0.25, -0.2) is 4.79 Å². The Morgan fingerprint density at radius 2 is 1.93 bits per heavy atom. The second kappa shape index (κ2) is 10.2. The largest absolute Gasteiger partial charge is 0.661 e. The Hall–Kier alpha value is -4.49. The molecule has 12 heteroatoms. The first-order valence-corrected chi connectivity index (χ1v) is 12.6. The van der Waals surface area contributed by atoms with Gasteiger partial charge in [0.25, 0.3) is 0 Å². The highest BCUT2D eigenvalue weighted by molar-refractivity contribution is 5.92. The average molecular weight is 565 g/mol. The lowest BCUT2D eigenvalue weighted by atomic mass is 9.82. The Morgan fingerprint density at radius 3 is 2.63 bits per heavy atom. The molecule has 0 aliphatic carbocycles. The maximum Gasteiger partial charge on any atom is 0.337 e. The first kappa shape index (κ1) is 26.7. The summed E-state index contributed by atoms with van der Waals surface area (Å²) in [6.45, 7) is -0.498. The first-order valence-electron chi connectivity index (χ1n) is 12.6. The fourth-order valence-electron chi connectivity index (χ4n) is 5.28. The summed E-state index contributed by atoms with van der Waals surface area (Å²) >= 11 is 0. The SMILES string of the molecule is COc1ccc(C2=C(O)c3c(CO)cc(OC4OC(C(=O)O)C5(C=c6cc[n-]c6=CO5)C(O)C4O)cc3OC2)cc1. The monoisotopic (exact) mass is 564 g/mol. The van der Waals surface area contributed by atoms with Gasteiger partial charge in [0.2, 0.25) is 12.4 Å². The van der Waals surface area contributed by atoms with E-state index in [1.54, 1.807) is 37.4 Å². The molecular weight excluding hydrogens is 538 g/mol. The molecule has 1 saturated heterocycles. The van der Waals surface area contributed by atoms with E-state index in [4.69, 9.17) is 23.7 Å². The van der Waals surface area contributed by atoms with Crippen LogP contribution in [0.3, 0.4) is 0 Å². The van der Waals surface area contributed by atoms with Crippen molar-refractivity contribution in [2.75, 3.05) is 13.7 Å². The summed E-state index contributed by atoms with van der Waals surface area (Å²) in [5.41, 5.74) is -0.256. The van der Waals surface area contributed by atoms with E-state index >= 15 is 0 Å². The summed E-state index contributed by atoms with van der Waals surface area (Å²) in [7, 11) is 1.55. The third-order valence-corrected chi connectivity index (χ3v) is 7.40. The minimum absolute atomic E-state index is 0.00655. The topological polar surface area (TPSA) is 178 Å². The lowest BCUT2D eigenvalue weighted by molar-refractivity contribution is -0.286. The maximum atomic E-state index is 12.2. The molecule has 3 aliphatic heterocycles. The predicted molar refractivity (Wildman–Crippen MR) is 141 cm³/mol. The average Bonchev–Trinajstić information content (AvgIpc) is 3.45. The number of carbonyl (C=O) groups is 1. The molecule has 0 saturated carbocycles. The van der Waals surface area contributed by atoms with Gasteiger partial charge in [0.05, 0.1) is 25.5 Å². The number of aliphatic carboxylic acids is 1. The Morgan fingerprint density at radius 1 is 1.15 bits per heavy atom. The number of hydrogen-bond donors (Lipinski definition) is 5. The van der Waals surface area contributed by atoms with Crippen LogP contribution in [0.4, 0.5) is 0 Å². The number of rotatable bonds is 6. The van der Waals surface area contributed by atoms with E-state index in [1.165, 1.54) is 30.7 Å². The Bertz CT molecular complexity index is 1640. The van der Waals surface area contributed by atoms with Crippen molar-refractivity contribution in [2.24, 2.45) is 0 Å². The molecule has 3 aliphatic rings. The Balaban J connectivity index is 1.31. The molecule has 5 unspecified atom stereocenters. The van der Waals surface area contributed by atoms with E-state index in [2.05, 4.69) is 4.98 Å². The van der Waals surface area contributed by atoms with Crippen LogP contribution in [0.15, 0.2) is 48.7 Å². The van der Waals surface area contributed by atoms with Crippen LogP contribution < -0.4 is 29.8 Å². The fraction of sp³-hybridized carbons (Fsp3) is 0.276. The van der Waals surface area contributed by atoms with Crippen molar-refractivity contribution in [2.45, 2.75) is 36.8 Å². The first-order chi connectivity index (χ1) is 19.8. The van der Waals surface area contributed by atoms with Crippen LogP contribution in [0.1, 0.15) is 16.7 Å². The van der Waals surface area contributed by atoms with Gasteiger partial charge >= 0.3 is 5.97 Å². The van der Waals surface area contributed by atoms with Crippen LogP contribution in [-0.4, -0.2) is 75.4 Å². The number of hydrogen-bond acceptors (Lipinski definition) is 10. The van der Waals surface area contributed by atoms with Crippen LogP contribution in [0, 0.1) is 0 Å². The van der Waals surface area contributed by atoms with Crippen molar-refractivity contribution in [3.05, 3.63) is 75.9 Å². The number of carboxylic acids is 1. The van der Waals surface area contributed by atoms with Gasteiger partial charge in [-0.2, -0.15) is 6.20 Å². The number of fused-ring (bicyclic) bond motifs is 2. The summed E-state index contributed by atoms with van der Waals surface area (Å²) in [4.78, 5) is 16.3. The molecule has 1 spiro atoms. The van der Waals surface area contributed by atoms with Crippen molar-refractivity contribution in [3.63, 3.8) is 0 Å². The quantitative estimate of drug-likeness (QED) is 0.268. The number of aromatic nitrogens is 1. The zero-order valence-corrected chi connectivity index (χ0v) is 21.6. The summed E-state index contributed by atoms with van der Waals surface area (Å²) in [5.74, 6) is -0.674. The summed E-state index contributed by atoms with van der Waals surface area (Å²) < 4.78 is 28.1. The second-order valence-corrected chi connectivity index (χ2v) is 9.75. The zero-order chi connectivity index (χ0) is 28.9. The molecule has 1 aromatic heterocycles. The molecule has 12 nitrogen and oxygen atoms in total. The smallest absolute Gasteiger partial charge is 0.337 e. The van der Waals surface area contributed by atoms with Crippen LogP contribution in [0.2, 0.25) is 0 Å². The number of aliphatic hydroxyl groups is 4. The highest BCUT2D eigenvalue weighted by Gasteiger charge is 2.60. The highest BCUT2D eigenvalue weighted by Crippen LogP contribution is 2.42. The third kappa shape index (κ3) is 4.37. The van der Waals surface area contributed by atoms with E-state index in [9.17, 15) is 30.3 Å². The molecular formula is C29H26NO11-. The minimum Gasteiger partial charge on any atom is -0.661 e. The van der Waals surface area contributed by atoms with Crippen molar-refractivity contribution >= 4 is 29.6 Å². The lowest BCUT2D eigenvalue weighted by Gasteiger charge is -2.47. The van der Waals surface area contributed by atoms with Gasteiger partial charge in [0.1, 0.15) is 41.8 Å². The van der Waals surface area contributed by atoms with E-state index in [1.807, 2.05) is 0 Å². The lowest BCUT2D eigenvalue weighted by Crippen LogP contribution is -2.69. The molecule has 0 radical (unpaired) electrons. The van der Waals surface area contributed by atoms with Crippen molar-refractivity contribution in [1.82, 2.24) is 4.98 Å². The van der Waals surface area contributed by atoms with E-state index in [0.29, 0.717) is 27.5 Å². The fourth-order valence-corrected chi connectivity index (χ4v) is 5.28. The minimum atomic E-state index is -1.95. The second-order valence-electron chi connectivity index (χ2n) is 9.75. The van der Waals surface area contributed by atoms with Crippen molar-refractivity contribution in [3.8, 4) is 17.2 Å². The molecule has 2 aromatic carbocycles. The molecule has 0 amide bonds. The molecule has 6 rings (SSSR count). The number of ether oxygens (including phenoxy) is 5. The number of benzene rings is 2. The molecule has 0 bridgehead atoms. The van der Waals surface area contributed by atoms with E-state index < -0.39 is 42.8 Å². The molecule has 5 N–H and O–H groups in total. The van der Waals surface area contributed by atoms with Crippen LogP contribution in [0.25, 0.3) is 23.7 Å². The molecule has 3 aromatic rings. The summed E-state index contributed by atoms with van der Waals surface area (Å²) in [6, 6.07) is 11.5. The van der Waals surface area contributed by atoms with Gasteiger partial charge < -0.3 is 54.2 Å². The maximum absolute atomic E-state index is 12.2. The van der Waals surface area contributed by atoms with E-state index in [-0.39, 0.29) is 35.0 Å². The molecule has 4 heterocycles. The molecule has 41 heavy (non-hydrogen) atoms. The molecule has 1 fully saturated rings. The molecule has 214 valence electrons. The number of carboxylic acid groups (broad SMARTS) is 1. The van der Waals surface area contributed by atoms with Crippen LogP contribution >= 0.6 is 0 Å². The predicted octanol–water partition coefficient (Wildman–Crippen LogP) is -0.139. The Labute approximate surface area is 232 Å². The van der Waals surface area contributed by atoms with Gasteiger partial charge in [-0.15, -0.1) is 0 Å². The summed E-state index contributed by atoms with van der Waals surface area (Å²) in [5, 5.41) is 54.2. The van der Waals surface area contributed by atoms with Gasteiger partial charge in [0.15, 0.2) is 5.60 Å². The zero-order valence-electron chi connectivity index (χ0n) is 21.6. The van der Waals surface area contributed by atoms with Crippen molar-refractivity contribution < 1.29 is 54.0 Å². The van der Waals surface area contributed by atoms with Gasteiger partial charge in [0, 0.05) is 11.6 Å².